The first kappa shape index (κ1) is 14.5. The minimum absolute atomic E-state index is 0.0657. The van der Waals surface area contributed by atoms with E-state index in [9.17, 15) is 4.79 Å². The maximum Gasteiger partial charge on any atom is 0.311 e. The second-order valence-corrected chi connectivity index (χ2v) is 6.40. The second-order valence-electron chi connectivity index (χ2n) is 6.40. The van der Waals surface area contributed by atoms with Crippen LogP contribution in [0.1, 0.15) is 28.2 Å². The normalized spacial score (nSPS) is 20.0. The molecule has 2 saturated heterocycles. The number of hydrogen-bond acceptors (Lipinski definition) is 4. The number of likely N-dealkylation sites (tertiary alicyclic amines) is 1. The Bertz CT molecular complexity index is 523. The molecule has 0 aromatic heterocycles. The number of hydrogen-bond donors (Lipinski definition) is 1. The summed E-state index contributed by atoms with van der Waals surface area (Å²) < 4.78 is 4.79. The van der Waals surface area contributed by atoms with Crippen LogP contribution in [0.2, 0.25) is 0 Å². The largest absolute Gasteiger partial charge is 0.469 e. The van der Waals surface area contributed by atoms with Crippen molar-refractivity contribution < 1.29 is 9.53 Å². The summed E-state index contributed by atoms with van der Waals surface area (Å²) in [6.45, 7) is 9.19. The van der Waals surface area contributed by atoms with Gasteiger partial charge in [0.25, 0.3) is 0 Å². The quantitative estimate of drug-likeness (QED) is 0.855. The molecular weight excluding hydrogens is 264 g/mol. The molecular formula is C17H24N2O2. The molecule has 2 fully saturated rings. The highest BCUT2D eigenvalue weighted by Crippen LogP contribution is 2.28. The number of nitrogens with one attached hydrogen (secondary N) is 1. The lowest BCUT2D eigenvalue weighted by Crippen LogP contribution is -2.50. The number of aryl methyl sites for hydroxylation is 2. The van der Waals surface area contributed by atoms with Gasteiger partial charge in [-0.05, 0) is 36.1 Å². The van der Waals surface area contributed by atoms with E-state index >= 15 is 0 Å². The molecule has 0 amide bonds. The first-order chi connectivity index (χ1) is 10.1. The van der Waals surface area contributed by atoms with E-state index in [1.807, 2.05) is 0 Å². The Morgan fingerprint density at radius 1 is 1.29 bits per heavy atom. The first-order valence-electron chi connectivity index (χ1n) is 7.69. The zero-order chi connectivity index (χ0) is 15.0. The number of esters is 1. The molecule has 0 radical (unpaired) electrons. The monoisotopic (exact) mass is 288 g/mol. The Labute approximate surface area is 126 Å². The van der Waals surface area contributed by atoms with E-state index in [1.165, 1.54) is 29.4 Å². The number of ether oxygens (including phenoxy) is 1. The van der Waals surface area contributed by atoms with Crippen molar-refractivity contribution in [1.29, 1.82) is 0 Å². The minimum atomic E-state index is -0.0764. The van der Waals surface area contributed by atoms with Crippen molar-refractivity contribution in [2.24, 2.45) is 5.92 Å². The molecule has 0 atom stereocenters. The minimum Gasteiger partial charge on any atom is -0.469 e. The summed E-state index contributed by atoms with van der Waals surface area (Å²) in [6, 6.07) is 4.68. The van der Waals surface area contributed by atoms with E-state index in [4.69, 9.17) is 4.74 Å². The summed E-state index contributed by atoms with van der Waals surface area (Å²) in [7, 11) is 1.47. The van der Waals surface area contributed by atoms with E-state index in [0.29, 0.717) is 5.92 Å². The average molecular weight is 288 g/mol. The van der Waals surface area contributed by atoms with E-state index in [-0.39, 0.29) is 11.9 Å². The van der Waals surface area contributed by atoms with E-state index < -0.39 is 0 Å². The average Bonchev–Trinajstić information content (AvgIpc) is 2.32. The molecule has 4 nitrogen and oxygen atoms in total. The Kier molecular flexibility index (Phi) is 4.00. The van der Waals surface area contributed by atoms with Gasteiger partial charge in [0.2, 0.25) is 0 Å². The van der Waals surface area contributed by atoms with Crippen LogP contribution in [0.3, 0.4) is 0 Å². The van der Waals surface area contributed by atoms with Gasteiger partial charge in [-0.25, -0.2) is 0 Å². The summed E-state index contributed by atoms with van der Waals surface area (Å²) in [5.74, 6) is 0.674. The summed E-state index contributed by atoms with van der Waals surface area (Å²) in [5.41, 5.74) is 5.62. The number of benzene rings is 1. The first-order valence-corrected chi connectivity index (χ1v) is 7.69. The van der Waals surface area contributed by atoms with Crippen molar-refractivity contribution in [2.45, 2.75) is 26.3 Å². The molecule has 1 aromatic carbocycles. The molecule has 3 rings (SSSR count). The lowest BCUT2D eigenvalue weighted by molar-refractivity contribution is -0.151. The molecule has 0 bridgehead atoms. The molecule has 114 valence electrons. The number of rotatable bonds is 4. The maximum absolute atomic E-state index is 11.4. The van der Waals surface area contributed by atoms with E-state index in [1.54, 1.807) is 0 Å². The molecule has 1 N–H and O–H groups in total. The number of carbonyl (C=O) groups is 1. The van der Waals surface area contributed by atoms with Crippen LogP contribution in [0, 0.1) is 19.8 Å². The van der Waals surface area contributed by atoms with Crippen LogP contribution in [0.15, 0.2) is 12.1 Å². The molecule has 2 aliphatic heterocycles. The molecule has 2 aliphatic rings. The van der Waals surface area contributed by atoms with Crippen LogP contribution < -0.4 is 5.32 Å². The van der Waals surface area contributed by atoms with Gasteiger partial charge in [-0.15, -0.1) is 0 Å². The lowest BCUT2D eigenvalue weighted by Gasteiger charge is -2.38. The Hall–Kier alpha value is -1.39. The molecule has 0 saturated carbocycles. The van der Waals surface area contributed by atoms with Crippen molar-refractivity contribution in [3.05, 3.63) is 34.4 Å². The van der Waals surface area contributed by atoms with Crippen molar-refractivity contribution in [1.82, 2.24) is 10.2 Å². The van der Waals surface area contributed by atoms with Crippen molar-refractivity contribution >= 4 is 5.97 Å². The molecule has 0 unspecified atom stereocenters. The molecule has 0 spiro atoms. The molecule has 21 heavy (non-hydrogen) atoms. The van der Waals surface area contributed by atoms with Crippen molar-refractivity contribution in [3.8, 4) is 0 Å². The second kappa shape index (κ2) is 5.78. The third-order valence-corrected chi connectivity index (χ3v) is 4.84. The van der Waals surface area contributed by atoms with Crippen LogP contribution in [0.25, 0.3) is 0 Å². The number of carbonyl (C=O) groups excluding carboxylic acids is 1. The maximum atomic E-state index is 11.4. The predicted molar refractivity (Wildman–Crippen MR) is 82.3 cm³/mol. The summed E-state index contributed by atoms with van der Waals surface area (Å²) in [5, 5.41) is 3.33. The SMILES string of the molecule is COC(=O)C1CN(Cc2c(C)cc(C3CNC3)cc2C)C1. The van der Waals surface area contributed by atoms with Crippen molar-refractivity contribution in [3.63, 3.8) is 0 Å². The fourth-order valence-electron chi connectivity index (χ4n) is 3.27. The van der Waals surface area contributed by atoms with Gasteiger partial charge in [-0.2, -0.15) is 0 Å². The summed E-state index contributed by atoms with van der Waals surface area (Å²) >= 11 is 0. The molecule has 0 aliphatic carbocycles. The Balaban J connectivity index is 1.65. The molecule has 1 aromatic rings. The third kappa shape index (κ3) is 2.83. The summed E-state index contributed by atoms with van der Waals surface area (Å²) in [6.07, 6.45) is 0. The third-order valence-electron chi connectivity index (χ3n) is 4.84. The highest BCUT2D eigenvalue weighted by Gasteiger charge is 2.33. The highest BCUT2D eigenvalue weighted by molar-refractivity contribution is 5.73. The fraction of sp³-hybridized carbons (Fsp3) is 0.588. The van der Waals surface area contributed by atoms with Crippen LogP contribution >= 0.6 is 0 Å². The van der Waals surface area contributed by atoms with Gasteiger partial charge in [-0.1, -0.05) is 12.1 Å². The van der Waals surface area contributed by atoms with Gasteiger partial charge < -0.3 is 10.1 Å². The number of methoxy groups -OCH3 is 1. The fourth-order valence-corrected chi connectivity index (χ4v) is 3.27. The van der Waals surface area contributed by atoms with Gasteiger partial charge in [0.1, 0.15) is 0 Å². The topological polar surface area (TPSA) is 41.6 Å². The van der Waals surface area contributed by atoms with E-state index in [2.05, 4.69) is 36.2 Å². The van der Waals surface area contributed by atoms with Gasteiger partial charge in [0.15, 0.2) is 0 Å². The standard InChI is InChI=1S/C17H24N2O2/c1-11-4-13(14-6-18-7-14)5-12(2)16(11)10-19-8-15(9-19)17(20)21-3/h4-5,14-15,18H,6-10H2,1-3H3. The molecule has 2 heterocycles. The Morgan fingerprint density at radius 3 is 2.38 bits per heavy atom. The Morgan fingerprint density at radius 2 is 1.90 bits per heavy atom. The van der Waals surface area contributed by atoms with Crippen LogP contribution in [-0.4, -0.2) is 44.2 Å². The van der Waals surface area contributed by atoms with Gasteiger partial charge in [0, 0.05) is 38.6 Å². The summed E-state index contributed by atoms with van der Waals surface area (Å²) in [4.78, 5) is 13.8. The van der Waals surface area contributed by atoms with Gasteiger partial charge >= 0.3 is 5.97 Å². The number of nitrogens with zero attached hydrogens (tertiary/aromatic N) is 1. The predicted octanol–water partition coefficient (Wildman–Crippen LogP) is 1.60. The zero-order valence-corrected chi connectivity index (χ0v) is 13.1. The zero-order valence-electron chi connectivity index (χ0n) is 13.1. The van der Waals surface area contributed by atoms with Crippen LogP contribution in [0.4, 0.5) is 0 Å². The van der Waals surface area contributed by atoms with Gasteiger partial charge in [0.05, 0.1) is 13.0 Å². The van der Waals surface area contributed by atoms with Crippen LogP contribution in [-0.2, 0) is 16.1 Å². The molecule has 4 heteroatoms. The smallest absolute Gasteiger partial charge is 0.311 e. The highest BCUT2D eigenvalue weighted by atomic mass is 16.5. The van der Waals surface area contributed by atoms with Crippen molar-refractivity contribution in [2.75, 3.05) is 33.3 Å². The van der Waals surface area contributed by atoms with Gasteiger partial charge in [-0.3, -0.25) is 9.69 Å². The lowest BCUT2D eigenvalue weighted by atomic mass is 9.88. The van der Waals surface area contributed by atoms with Crippen LogP contribution in [0.5, 0.6) is 0 Å². The van der Waals surface area contributed by atoms with E-state index in [0.717, 1.165) is 32.7 Å².